The summed E-state index contributed by atoms with van der Waals surface area (Å²) < 4.78 is 11.1. The predicted molar refractivity (Wildman–Crippen MR) is 58.6 cm³/mol. The number of methoxy groups -OCH3 is 1. The minimum Gasteiger partial charge on any atom is -0.347 e. The molecule has 0 spiro atoms. The molecule has 0 radical (unpaired) electrons. The molecule has 1 saturated heterocycles. The van der Waals surface area contributed by atoms with Gasteiger partial charge in [-0.1, -0.05) is 24.3 Å². The first-order chi connectivity index (χ1) is 7.74. The molecule has 0 aromatic rings. The van der Waals surface area contributed by atoms with Gasteiger partial charge in [-0.15, -0.1) is 0 Å². The van der Waals surface area contributed by atoms with Crippen molar-refractivity contribution < 1.29 is 14.3 Å². The second kappa shape index (κ2) is 3.28. The predicted octanol–water partition coefficient (Wildman–Crippen LogP) is 1.55. The van der Waals surface area contributed by atoms with Gasteiger partial charge >= 0.3 is 0 Å². The number of rotatable bonds is 2. The highest BCUT2D eigenvalue weighted by molar-refractivity contribution is 5.93. The Morgan fingerprint density at radius 2 is 2.38 bits per heavy atom. The van der Waals surface area contributed by atoms with Crippen molar-refractivity contribution in [3.63, 3.8) is 0 Å². The van der Waals surface area contributed by atoms with Gasteiger partial charge in [0.15, 0.2) is 5.78 Å². The van der Waals surface area contributed by atoms with Gasteiger partial charge in [-0.25, -0.2) is 0 Å². The highest BCUT2D eigenvalue weighted by Gasteiger charge is 2.65. The Hall–Kier alpha value is -0.930. The number of allylic oxidation sites excluding steroid dienone is 3. The van der Waals surface area contributed by atoms with E-state index in [1.54, 1.807) is 7.11 Å². The largest absolute Gasteiger partial charge is 0.347 e. The van der Waals surface area contributed by atoms with Crippen molar-refractivity contribution >= 4 is 5.78 Å². The van der Waals surface area contributed by atoms with E-state index in [1.165, 1.54) is 0 Å². The minimum absolute atomic E-state index is 0.0614. The maximum Gasteiger partial charge on any atom is 0.236 e. The lowest BCUT2D eigenvalue weighted by molar-refractivity contribution is -0.216. The lowest BCUT2D eigenvalue weighted by Crippen LogP contribution is -2.57. The third-order valence-electron chi connectivity index (χ3n) is 4.19. The van der Waals surface area contributed by atoms with Crippen LogP contribution in [0.25, 0.3) is 0 Å². The Morgan fingerprint density at radius 1 is 1.56 bits per heavy atom. The maximum absolute atomic E-state index is 12.3. The summed E-state index contributed by atoms with van der Waals surface area (Å²) in [5, 5.41) is 0. The van der Waals surface area contributed by atoms with Crippen LogP contribution in [-0.4, -0.2) is 25.3 Å². The number of hydrogen-bond donors (Lipinski definition) is 0. The van der Waals surface area contributed by atoms with E-state index in [-0.39, 0.29) is 17.6 Å². The van der Waals surface area contributed by atoms with E-state index in [1.807, 2.05) is 19.1 Å². The van der Waals surface area contributed by atoms with Gasteiger partial charge in [-0.05, 0) is 12.8 Å². The van der Waals surface area contributed by atoms with Crippen molar-refractivity contribution in [3.05, 3.63) is 24.3 Å². The minimum atomic E-state index is -0.970. The molecule has 0 N–H and O–H groups in total. The molecule has 86 valence electrons. The molecule has 3 aliphatic carbocycles. The van der Waals surface area contributed by atoms with Crippen LogP contribution in [0.5, 0.6) is 0 Å². The van der Waals surface area contributed by atoms with Gasteiger partial charge in [0.1, 0.15) is 0 Å². The average molecular weight is 220 g/mol. The fraction of sp³-hybridized carbons (Fsp3) is 0.615. The van der Waals surface area contributed by atoms with Crippen molar-refractivity contribution in [1.82, 2.24) is 0 Å². The zero-order valence-electron chi connectivity index (χ0n) is 9.55. The van der Waals surface area contributed by atoms with Gasteiger partial charge in [0.2, 0.25) is 5.79 Å². The Kier molecular flexibility index (Phi) is 2.10. The molecular weight excluding hydrogens is 204 g/mol. The van der Waals surface area contributed by atoms with E-state index in [0.717, 1.165) is 0 Å². The summed E-state index contributed by atoms with van der Waals surface area (Å²) in [5.41, 5.74) is 0. The van der Waals surface area contributed by atoms with Crippen molar-refractivity contribution in [2.75, 3.05) is 13.7 Å². The van der Waals surface area contributed by atoms with Gasteiger partial charge in [-0.3, -0.25) is 4.79 Å². The van der Waals surface area contributed by atoms with Crippen LogP contribution >= 0.6 is 0 Å². The molecule has 4 bridgehead atoms. The molecule has 0 aromatic heterocycles. The van der Waals surface area contributed by atoms with Crippen LogP contribution in [0.15, 0.2) is 24.3 Å². The molecule has 1 heterocycles. The molecule has 3 heteroatoms. The lowest BCUT2D eigenvalue weighted by atomic mass is 9.60. The molecule has 4 aliphatic rings. The summed E-state index contributed by atoms with van der Waals surface area (Å²) in [6.45, 7) is 2.62. The van der Waals surface area contributed by atoms with Crippen molar-refractivity contribution in [1.29, 1.82) is 0 Å². The van der Waals surface area contributed by atoms with E-state index in [9.17, 15) is 4.79 Å². The molecule has 16 heavy (non-hydrogen) atoms. The van der Waals surface area contributed by atoms with Crippen molar-refractivity contribution in [3.8, 4) is 0 Å². The van der Waals surface area contributed by atoms with E-state index >= 15 is 0 Å². The van der Waals surface area contributed by atoms with Crippen LogP contribution in [0.2, 0.25) is 0 Å². The number of ketones is 1. The van der Waals surface area contributed by atoms with Gasteiger partial charge in [-0.2, -0.15) is 0 Å². The summed E-state index contributed by atoms with van der Waals surface area (Å²) in [6.07, 6.45) is 8.30. The van der Waals surface area contributed by atoms with Crippen LogP contribution < -0.4 is 0 Å². The summed E-state index contributed by atoms with van der Waals surface area (Å²) in [7, 11) is 1.57. The van der Waals surface area contributed by atoms with Gasteiger partial charge in [0, 0.05) is 24.9 Å². The van der Waals surface area contributed by atoms with Gasteiger partial charge in [0.25, 0.3) is 0 Å². The number of ether oxygens (including phenoxy) is 2. The first-order valence-electron chi connectivity index (χ1n) is 5.79. The first-order valence-corrected chi connectivity index (χ1v) is 5.79. The highest BCUT2D eigenvalue weighted by Crippen LogP contribution is 2.54. The summed E-state index contributed by atoms with van der Waals surface area (Å²) >= 11 is 0. The standard InChI is InChI=1S/C13H16O3/c1-3-4-8-9-5-6-11-10(8)7-16-13(11,15-2)12(9)14/h3-6,8-11H,7H2,1-2H3/b4-3+/t8-,9+,10+,11-,13+/m0/s1. The topological polar surface area (TPSA) is 35.5 Å². The monoisotopic (exact) mass is 220 g/mol. The zero-order valence-corrected chi connectivity index (χ0v) is 9.55. The second-order valence-corrected chi connectivity index (χ2v) is 4.75. The molecule has 0 aromatic carbocycles. The molecule has 4 rings (SSSR count). The van der Waals surface area contributed by atoms with Crippen molar-refractivity contribution in [2.24, 2.45) is 23.7 Å². The zero-order chi connectivity index (χ0) is 11.3. The second-order valence-electron chi connectivity index (χ2n) is 4.75. The van der Waals surface area contributed by atoms with Gasteiger partial charge < -0.3 is 9.47 Å². The van der Waals surface area contributed by atoms with Gasteiger partial charge in [0.05, 0.1) is 6.61 Å². The number of Topliss-reactive ketones (excluding diaryl/α,β-unsaturated/α-hetero) is 1. The Labute approximate surface area is 95.1 Å². The summed E-state index contributed by atoms with van der Waals surface area (Å²) in [6, 6.07) is 0. The molecule has 0 unspecified atom stereocenters. The van der Waals surface area contributed by atoms with Crippen LogP contribution in [0, 0.1) is 23.7 Å². The molecule has 5 atom stereocenters. The molecule has 1 aliphatic heterocycles. The molecule has 1 saturated carbocycles. The van der Waals surface area contributed by atoms with Crippen LogP contribution in [-0.2, 0) is 14.3 Å². The Bertz CT molecular complexity index is 385. The SMILES string of the molecule is C/C=C/[C@@H]1[C@H]2CO[C@@]3(OC)C(=O)[C@@H]1C=C[C@@H]23. The van der Waals surface area contributed by atoms with Crippen LogP contribution in [0.3, 0.4) is 0 Å². The summed E-state index contributed by atoms with van der Waals surface area (Å²) in [5.74, 6) is -0.159. The third-order valence-corrected chi connectivity index (χ3v) is 4.19. The highest BCUT2D eigenvalue weighted by atomic mass is 16.7. The number of carbonyl (C=O) groups is 1. The van der Waals surface area contributed by atoms with Crippen LogP contribution in [0.1, 0.15) is 6.92 Å². The first kappa shape index (κ1) is 10.2. The summed E-state index contributed by atoms with van der Waals surface area (Å²) in [4.78, 5) is 12.3. The fourth-order valence-electron chi connectivity index (χ4n) is 3.47. The molecule has 0 amide bonds. The third kappa shape index (κ3) is 0.980. The quantitative estimate of drug-likeness (QED) is 0.662. The van der Waals surface area contributed by atoms with E-state index in [2.05, 4.69) is 12.2 Å². The van der Waals surface area contributed by atoms with E-state index in [0.29, 0.717) is 18.4 Å². The Morgan fingerprint density at radius 3 is 3.06 bits per heavy atom. The van der Waals surface area contributed by atoms with Crippen molar-refractivity contribution in [2.45, 2.75) is 12.7 Å². The smallest absolute Gasteiger partial charge is 0.236 e. The Balaban J connectivity index is 2.08. The fourth-order valence-corrected chi connectivity index (χ4v) is 3.47. The molecular formula is C13H16O3. The lowest BCUT2D eigenvalue weighted by Gasteiger charge is -2.45. The molecule has 3 nitrogen and oxygen atoms in total. The van der Waals surface area contributed by atoms with E-state index < -0.39 is 5.79 Å². The van der Waals surface area contributed by atoms with Crippen LogP contribution in [0.4, 0.5) is 0 Å². The normalized spacial score (nSPS) is 49.5. The van der Waals surface area contributed by atoms with E-state index in [4.69, 9.17) is 9.47 Å². The maximum atomic E-state index is 12.3. The average Bonchev–Trinajstić information content (AvgIpc) is 2.66. The molecule has 2 fully saturated rings. The number of hydrogen-bond acceptors (Lipinski definition) is 3. The number of carbonyl (C=O) groups excluding carboxylic acids is 1.